The number of nitrogens with zero attached hydrogens (tertiary/aromatic N) is 1. The van der Waals surface area contributed by atoms with Crippen LogP contribution < -0.4 is 20.1 Å². The zero-order valence-corrected chi connectivity index (χ0v) is 17.5. The first-order chi connectivity index (χ1) is 13.8. The number of carbonyl (C=O) groups excluding carboxylic acids is 1. The summed E-state index contributed by atoms with van der Waals surface area (Å²) >= 11 is 0. The molecule has 29 heavy (non-hydrogen) atoms. The van der Waals surface area contributed by atoms with Crippen LogP contribution in [0.3, 0.4) is 0 Å². The Balaban J connectivity index is 1.69. The zero-order valence-electron chi connectivity index (χ0n) is 16.7. The highest BCUT2D eigenvalue weighted by Gasteiger charge is 2.20. The van der Waals surface area contributed by atoms with Crippen molar-refractivity contribution in [2.45, 2.75) is 50.6 Å². The Morgan fingerprint density at radius 3 is 2.62 bits per heavy atom. The monoisotopic (exact) mass is 418 g/mol. The second-order valence-electron chi connectivity index (χ2n) is 6.97. The average molecular weight is 419 g/mol. The van der Waals surface area contributed by atoms with Gasteiger partial charge in [0.2, 0.25) is 10.0 Å². The minimum atomic E-state index is -3.59. The van der Waals surface area contributed by atoms with Gasteiger partial charge in [0, 0.05) is 12.2 Å². The fourth-order valence-corrected chi connectivity index (χ4v) is 4.39. The van der Waals surface area contributed by atoms with Gasteiger partial charge in [-0.3, -0.25) is 4.79 Å². The lowest BCUT2D eigenvalue weighted by molar-refractivity contribution is -0.118. The summed E-state index contributed by atoms with van der Waals surface area (Å²) in [7, 11) is -3.59. The number of pyridine rings is 1. The fourth-order valence-electron chi connectivity index (χ4n) is 3.04. The number of anilines is 2. The van der Waals surface area contributed by atoms with E-state index in [1.54, 1.807) is 6.07 Å². The second kappa shape index (κ2) is 8.79. The molecule has 0 spiro atoms. The van der Waals surface area contributed by atoms with Gasteiger partial charge in [-0.2, -0.15) is 0 Å². The van der Waals surface area contributed by atoms with Gasteiger partial charge in [0.1, 0.15) is 16.5 Å². The van der Waals surface area contributed by atoms with Crippen LogP contribution in [-0.4, -0.2) is 32.0 Å². The topological polar surface area (TPSA) is 109 Å². The Morgan fingerprint density at radius 2 is 1.97 bits per heavy atom. The highest BCUT2D eigenvalue weighted by Crippen LogP contribution is 2.31. The number of hydrogen-bond acceptors (Lipinski definition) is 6. The van der Waals surface area contributed by atoms with E-state index in [1.165, 1.54) is 12.3 Å². The summed E-state index contributed by atoms with van der Waals surface area (Å²) in [5.41, 5.74) is 1.57. The second-order valence-corrected chi connectivity index (χ2v) is 8.69. The van der Waals surface area contributed by atoms with E-state index >= 15 is 0 Å². The Labute approximate surface area is 171 Å². The molecule has 0 radical (unpaired) electrons. The van der Waals surface area contributed by atoms with Gasteiger partial charge in [-0.1, -0.05) is 19.9 Å². The first-order valence-corrected chi connectivity index (χ1v) is 11.1. The standard InChI is InChI=1S/C20H26N4O4S/c1-4-15(5-2)24-29(26,27)16-7-9-19(21-11-16)22-13(3)14-6-8-18-17(10-14)23-20(25)12-28-18/h6-11,13,15,24H,4-5,12H2,1-3H3,(H,21,22)(H,23,25). The molecule has 0 fully saturated rings. The van der Waals surface area contributed by atoms with Gasteiger partial charge in [0.05, 0.1) is 11.7 Å². The van der Waals surface area contributed by atoms with Crippen LogP contribution in [0.25, 0.3) is 0 Å². The van der Waals surface area contributed by atoms with Crippen LogP contribution in [0.1, 0.15) is 45.2 Å². The van der Waals surface area contributed by atoms with Crippen molar-refractivity contribution in [2.24, 2.45) is 0 Å². The SMILES string of the molecule is CCC(CC)NS(=O)(=O)c1ccc(NC(C)c2ccc3c(c2)NC(=O)CO3)nc1. The van der Waals surface area contributed by atoms with Gasteiger partial charge in [0.15, 0.2) is 6.61 Å². The first kappa shape index (κ1) is 21.1. The number of amides is 1. The van der Waals surface area contributed by atoms with Crippen LogP contribution in [0.5, 0.6) is 5.75 Å². The average Bonchev–Trinajstić information content (AvgIpc) is 2.71. The van der Waals surface area contributed by atoms with Crippen molar-refractivity contribution in [2.75, 3.05) is 17.2 Å². The molecule has 3 N–H and O–H groups in total. The highest BCUT2D eigenvalue weighted by molar-refractivity contribution is 7.89. The maximum atomic E-state index is 12.5. The van der Waals surface area contributed by atoms with Crippen LogP contribution in [-0.2, 0) is 14.8 Å². The van der Waals surface area contributed by atoms with E-state index in [2.05, 4.69) is 20.3 Å². The van der Waals surface area contributed by atoms with Crippen molar-refractivity contribution in [3.8, 4) is 5.75 Å². The largest absolute Gasteiger partial charge is 0.482 e. The first-order valence-electron chi connectivity index (χ1n) is 9.64. The molecule has 0 bridgehead atoms. The molecule has 1 aromatic heterocycles. The summed E-state index contributed by atoms with van der Waals surface area (Å²) in [4.78, 5) is 15.9. The van der Waals surface area contributed by atoms with E-state index < -0.39 is 10.0 Å². The Bertz CT molecular complexity index is 972. The van der Waals surface area contributed by atoms with E-state index in [0.29, 0.717) is 17.3 Å². The van der Waals surface area contributed by atoms with Crippen molar-refractivity contribution in [3.63, 3.8) is 0 Å². The predicted molar refractivity (Wildman–Crippen MR) is 112 cm³/mol. The van der Waals surface area contributed by atoms with Gasteiger partial charge >= 0.3 is 0 Å². The molecule has 0 aliphatic carbocycles. The van der Waals surface area contributed by atoms with E-state index in [1.807, 2.05) is 39.0 Å². The normalized spacial score (nSPS) is 14.7. The van der Waals surface area contributed by atoms with Gasteiger partial charge < -0.3 is 15.4 Å². The third kappa shape index (κ3) is 5.04. The molecule has 0 saturated carbocycles. The lowest BCUT2D eigenvalue weighted by atomic mass is 10.1. The summed E-state index contributed by atoms with van der Waals surface area (Å²) in [5, 5.41) is 6.03. The molecular formula is C20H26N4O4S. The molecule has 9 heteroatoms. The van der Waals surface area contributed by atoms with E-state index in [9.17, 15) is 13.2 Å². The lowest BCUT2D eigenvalue weighted by Crippen LogP contribution is -2.33. The molecule has 2 heterocycles. The molecule has 2 aromatic rings. The Kier molecular flexibility index (Phi) is 6.39. The predicted octanol–water partition coefficient (Wildman–Crippen LogP) is 3.05. The molecule has 1 amide bonds. The minimum absolute atomic E-state index is 0.0193. The van der Waals surface area contributed by atoms with E-state index in [0.717, 1.165) is 18.4 Å². The molecule has 156 valence electrons. The number of sulfonamides is 1. The number of rotatable bonds is 8. The maximum Gasteiger partial charge on any atom is 0.262 e. The maximum absolute atomic E-state index is 12.5. The molecule has 8 nitrogen and oxygen atoms in total. The van der Waals surface area contributed by atoms with Gasteiger partial charge in [-0.15, -0.1) is 0 Å². The molecule has 1 aromatic carbocycles. The van der Waals surface area contributed by atoms with Crippen LogP contribution in [0.2, 0.25) is 0 Å². The number of ether oxygens (including phenoxy) is 1. The summed E-state index contributed by atoms with van der Waals surface area (Å²) in [5.74, 6) is 1.01. The zero-order chi connectivity index (χ0) is 21.0. The third-order valence-electron chi connectivity index (χ3n) is 4.85. The lowest BCUT2D eigenvalue weighted by Gasteiger charge is -2.21. The highest BCUT2D eigenvalue weighted by atomic mass is 32.2. The number of fused-ring (bicyclic) bond motifs is 1. The van der Waals surface area contributed by atoms with Crippen molar-refractivity contribution >= 4 is 27.4 Å². The molecule has 1 aliphatic heterocycles. The number of benzene rings is 1. The number of carbonyl (C=O) groups is 1. The molecule has 3 rings (SSSR count). The van der Waals surface area contributed by atoms with Gasteiger partial charge in [-0.05, 0) is 49.6 Å². The van der Waals surface area contributed by atoms with E-state index in [4.69, 9.17) is 4.74 Å². The summed E-state index contributed by atoms with van der Waals surface area (Å²) in [6.07, 6.45) is 2.81. The summed E-state index contributed by atoms with van der Waals surface area (Å²) < 4.78 is 33.0. The molecule has 1 aliphatic rings. The molecule has 1 unspecified atom stereocenters. The number of hydrogen-bond donors (Lipinski definition) is 3. The fraction of sp³-hybridized carbons (Fsp3) is 0.400. The summed E-state index contributed by atoms with van der Waals surface area (Å²) in [6.45, 7) is 5.86. The Hall–Kier alpha value is -2.65. The third-order valence-corrected chi connectivity index (χ3v) is 6.36. The molecule has 0 saturated heterocycles. The smallest absolute Gasteiger partial charge is 0.262 e. The quantitative estimate of drug-likeness (QED) is 0.608. The van der Waals surface area contributed by atoms with Crippen LogP contribution in [0.4, 0.5) is 11.5 Å². The van der Waals surface area contributed by atoms with Crippen LogP contribution >= 0.6 is 0 Å². The van der Waals surface area contributed by atoms with Crippen LogP contribution in [0, 0.1) is 0 Å². The summed E-state index contributed by atoms with van der Waals surface area (Å²) in [6, 6.07) is 8.54. The van der Waals surface area contributed by atoms with Gasteiger partial charge in [0.25, 0.3) is 5.91 Å². The number of aromatic nitrogens is 1. The van der Waals surface area contributed by atoms with Crippen LogP contribution in [0.15, 0.2) is 41.4 Å². The molecular weight excluding hydrogens is 392 g/mol. The van der Waals surface area contributed by atoms with E-state index in [-0.39, 0.29) is 29.5 Å². The minimum Gasteiger partial charge on any atom is -0.482 e. The van der Waals surface area contributed by atoms with Crippen molar-refractivity contribution in [1.82, 2.24) is 9.71 Å². The molecule has 1 atom stereocenters. The Morgan fingerprint density at radius 1 is 1.21 bits per heavy atom. The van der Waals surface area contributed by atoms with Crippen molar-refractivity contribution < 1.29 is 17.9 Å². The van der Waals surface area contributed by atoms with Crippen molar-refractivity contribution in [1.29, 1.82) is 0 Å². The van der Waals surface area contributed by atoms with Gasteiger partial charge in [-0.25, -0.2) is 18.1 Å². The number of nitrogens with one attached hydrogen (secondary N) is 3. The van der Waals surface area contributed by atoms with Crippen molar-refractivity contribution in [3.05, 3.63) is 42.1 Å².